The Hall–Kier alpha value is -4.47. The van der Waals surface area contributed by atoms with Crippen molar-refractivity contribution in [3.05, 3.63) is 139 Å². The first-order chi connectivity index (χ1) is 17.3. The van der Waals surface area contributed by atoms with Crippen molar-refractivity contribution >= 4 is 28.0 Å². The van der Waals surface area contributed by atoms with Crippen LogP contribution in [0.4, 0.5) is 0 Å². The highest BCUT2D eigenvalue weighted by Gasteiger charge is 2.13. The van der Waals surface area contributed by atoms with Crippen LogP contribution in [0.2, 0.25) is 0 Å². The lowest BCUT2D eigenvalue weighted by atomic mass is 10.0. The van der Waals surface area contributed by atoms with E-state index in [1.54, 1.807) is 0 Å². The molecule has 1 unspecified atom stereocenters. The minimum absolute atomic E-state index is 0.387. The summed E-state index contributed by atoms with van der Waals surface area (Å²) < 4.78 is 2.34. The molecule has 168 valence electrons. The fourth-order valence-electron chi connectivity index (χ4n) is 4.71. The molecular weight excluding hydrogens is 426 g/mol. The Morgan fingerprint density at radius 3 is 2.14 bits per heavy atom. The van der Waals surface area contributed by atoms with Gasteiger partial charge in [0.1, 0.15) is 6.17 Å². The van der Waals surface area contributed by atoms with Crippen LogP contribution < -0.4 is 5.73 Å². The Kier molecular flexibility index (Phi) is 5.45. The highest BCUT2D eigenvalue weighted by molar-refractivity contribution is 6.10. The number of para-hydroxylation sites is 1. The summed E-state index contributed by atoms with van der Waals surface area (Å²) in [4.78, 5) is 4.61. The standard InChI is InChI=1S/C32H25N3/c33-32(25-13-5-2-6-14-25)34-22-23-10-9-15-27(20-23)35-30-17-8-7-16-28(30)29-19-18-26(21-31(29)35)24-11-3-1-4-12-24/h1-22,32H,33H2/b34-22+. The molecule has 3 nitrogen and oxygen atoms in total. The van der Waals surface area contributed by atoms with Crippen molar-refractivity contribution in [2.75, 3.05) is 0 Å². The smallest absolute Gasteiger partial charge is 0.123 e. The van der Waals surface area contributed by atoms with E-state index in [0.29, 0.717) is 0 Å². The zero-order chi connectivity index (χ0) is 23.6. The molecule has 0 amide bonds. The maximum absolute atomic E-state index is 6.29. The van der Waals surface area contributed by atoms with Crippen molar-refractivity contribution in [1.29, 1.82) is 0 Å². The van der Waals surface area contributed by atoms with E-state index in [4.69, 9.17) is 5.73 Å². The Balaban J connectivity index is 1.47. The van der Waals surface area contributed by atoms with Crippen LogP contribution in [-0.4, -0.2) is 10.8 Å². The van der Waals surface area contributed by atoms with Crippen LogP contribution in [0.5, 0.6) is 0 Å². The van der Waals surface area contributed by atoms with Gasteiger partial charge in [0.2, 0.25) is 0 Å². The molecule has 6 rings (SSSR count). The number of benzene rings is 5. The predicted octanol–water partition coefficient (Wildman–Crippen LogP) is 7.53. The van der Waals surface area contributed by atoms with Gasteiger partial charge in [0, 0.05) is 22.7 Å². The molecule has 0 bridgehead atoms. The molecule has 1 atom stereocenters. The van der Waals surface area contributed by atoms with E-state index >= 15 is 0 Å². The zero-order valence-electron chi connectivity index (χ0n) is 19.3. The SMILES string of the molecule is NC(/N=C/c1cccc(-n2c3ccccc3c3ccc(-c4ccccc4)cc32)c1)c1ccccc1. The maximum atomic E-state index is 6.29. The topological polar surface area (TPSA) is 43.3 Å². The van der Waals surface area contributed by atoms with E-state index in [9.17, 15) is 0 Å². The van der Waals surface area contributed by atoms with Crippen LogP contribution >= 0.6 is 0 Å². The van der Waals surface area contributed by atoms with Crippen LogP contribution in [0.1, 0.15) is 17.3 Å². The summed E-state index contributed by atoms with van der Waals surface area (Å²) in [5.41, 5.74) is 14.2. The number of hydrogen-bond acceptors (Lipinski definition) is 2. The Labute approximate surface area is 204 Å². The lowest BCUT2D eigenvalue weighted by Gasteiger charge is -2.10. The average Bonchev–Trinajstić information content (AvgIpc) is 3.26. The van der Waals surface area contributed by atoms with E-state index in [2.05, 4.69) is 107 Å². The van der Waals surface area contributed by atoms with E-state index in [0.717, 1.165) is 16.8 Å². The van der Waals surface area contributed by atoms with Crippen molar-refractivity contribution in [2.45, 2.75) is 6.17 Å². The lowest BCUT2D eigenvalue weighted by Crippen LogP contribution is -2.07. The fourth-order valence-corrected chi connectivity index (χ4v) is 4.71. The molecule has 2 N–H and O–H groups in total. The van der Waals surface area contributed by atoms with Gasteiger partial charge in [0.15, 0.2) is 0 Å². The van der Waals surface area contributed by atoms with Crippen LogP contribution in [0.15, 0.2) is 132 Å². The monoisotopic (exact) mass is 451 g/mol. The first-order valence-electron chi connectivity index (χ1n) is 11.8. The third-order valence-electron chi connectivity index (χ3n) is 6.43. The largest absolute Gasteiger partial charge is 0.309 e. The first kappa shape index (κ1) is 21.1. The minimum Gasteiger partial charge on any atom is -0.309 e. The molecule has 3 heteroatoms. The van der Waals surface area contributed by atoms with Crippen LogP contribution in [-0.2, 0) is 0 Å². The van der Waals surface area contributed by atoms with Crippen LogP contribution in [0.25, 0.3) is 38.6 Å². The fraction of sp³-hybridized carbons (Fsp3) is 0.0312. The van der Waals surface area contributed by atoms with Gasteiger partial charge >= 0.3 is 0 Å². The molecule has 0 aliphatic rings. The molecule has 6 aromatic rings. The maximum Gasteiger partial charge on any atom is 0.123 e. The number of aliphatic imine (C=N–C) groups is 1. The Morgan fingerprint density at radius 2 is 1.31 bits per heavy atom. The second-order valence-corrected chi connectivity index (χ2v) is 8.68. The zero-order valence-corrected chi connectivity index (χ0v) is 19.3. The summed E-state index contributed by atoms with van der Waals surface area (Å²) in [6.45, 7) is 0. The number of fused-ring (bicyclic) bond motifs is 3. The van der Waals surface area contributed by atoms with Gasteiger partial charge in [-0.3, -0.25) is 4.99 Å². The molecule has 0 spiro atoms. The minimum atomic E-state index is -0.387. The number of nitrogens with two attached hydrogens (primary N) is 1. The van der Waals surface area contributed by atoms with E-state index in [1.165, 1.54) is 32.9 Å². The molecule has 1 heterocycles. The third kappa shape index (κ3) is 4.03. The van der Waals surface area contributed by atoms with E-state index < -0.39 is 0 Å². The van der Waals surface area contributed by atoms with Gasteiger partial charge in [-0.25, -0.2) is 0 Å². The Morgan fingerprint density at radius 1 is 0.600 bits per heavy atom. The normalized spacial score (nSPS) is 12.5. The number of rotatable bonds is 5. The van der Waals surface area contributed by atoms with Crippen LogP contribution in [0, 0.1) is 0 Å². The van der Waals surface area contributed by atoms with Gasteiger partial charge in [0.05, 0.1) is 11.0 Å². The van der Waals surface area contributed by atoms with Crippen molar-refractivity contribution < 1.29 is 0 Å². The molecule has 1 aromatic heterocycles. The van der Waals surface area contributed by atoms with Gasteiger partial charge in [-0.1, -0.05) is 103 Å². The van der Waals surface area contributed by atoms with Crippen molar-refractivity contribution in [3.63, 3.8) is 0 Å². The van der Waals surface area contributed by atoms with Gasteiger partial charge in [-0.2, -0.15) is 0 Å². The van der Waals surface area contributed by atoms with Gasteiger partial charge in [-0.15, -0.1) is 0 Å². The van der Waals surface area contributed by atoms with Gasteiger partial charge < -0.3 is 10.3 Å². The van der Waals surface area contributed by atoms with Gasteiger partial charge in [0.25, 0.3) is 0 Å². The van der Waals surface area contributed by atoms with Gasteiger partial charge in [-0.05, 0) is 46.5 Å². The molecule has 0 aliphatic heterocycles. The molecule has 0 radical (unpaired) electrons. The Bertz CT molecular complexity index is 1650. The summed E-state index contributed by atoms with van der Waals surface area (Å²) in [5, 5.41) is 2.48. The van der Waals surface area contributed by atoms with E-state index in [1.807, 2.05) is 36.5 Å². The first-order valence-corrected chi connectivity index (χ1v) is 11.8. The van der Waals surface area contributed by atoms with Crippen molar-refractivity contribution in [2.24, 2.45) is 10.7 Å². The summed E-state index contributed by atoms with van der Waals surface area (Å²) in [6, 6.07) is 44.2. The molecular formula is C32H25N3. The second kappa shape index (κ2) is 9.05. The average molecular weight is 452 g/mol. The number of hydrogen-bond donors (Lipinski definition) is 1. The second-order valence-electron chi connectivity index (χ2n) is 8.68. The quantitative estimate of drug-likeness (QED) is 0.271. The van der Waals surface area contributed by atoms with Crippen molar-refractivity contribution in [3.8, 4) is 16.8 Å². The summed E-state index contributed by atoms with van der Waals surface area (Å²) in [5.74, 6) is 0. The van der Waals surface area contributed by atoms with Crippen LogP contribution in [0.3, 0.4) is 0 Å². The molecule has 0 saturated carbocycles. The molecule has 5 aromatic carbocycles. The predicted molar refractivity (Wildman–Crippen MR) is 147 cm³/mol. The number of aromatic nitrogens is 1. The molecule has 0 fully saturated rings. The molecule has 0 saturated heterocycles. The third-order valence-corrected chi connectivity index (χ3v) is 6.43. The molecule has 0 aliphatic carbocycles. The van der Waals surface area contributed by atoms with E-state index in [-0.39, 0.29) is 6.17 Å². The summed E-state index contributed by atoms with van der Waals surface area (Å²) in [7, 11) is 0. The van der Waals surface area contributed by atoms with Crippen molar-refractivity contribution in [1.82, 2.24) is 4.57 Å². The lowest BCUT2D eigenvalue weighted by molar-refractivity contribution is 0.780. The molecule has 35 heavy (non-hydrogen) atoms. The summed E-state index contributed by atoms with van der Waals surface area (Å²) >= 11 is 0. The highest BCUT2D eigenvalue weighted by atomic mass is 15.0. The highest BCUT2D eigenvalue weighted by Crippen LogP contribution is 2.34. The number of nitrogens with zero attached hydrogens (tertiary/aromatic N) is 2. The summed E-state index contributed by atoms with van der Waals surface area (Å²) in [6.07, 6.45) is 1.48.